The highest BCUT2D eigenvalue weighted by molar-refractivity contribution is 5.23. The summed E-state index contributed by atoms with van der Waals surface area (Å²) in [6, 6.07) is 8.28. The maximum atomic E-state index is 10.4. The van der Waals surface area contributed by atoms with Crippen molar-refractivity contribution in [2.75, 3.05) is 39.3 Å². The van der Waals surface area contributed by atoms with E-state index in [-0.39, 0.29) is 6.10 Å². The van der Waals surface area contributed by atoms with E-state index in [0.717, 1.165) is 44.2 Å². The Morgan fingerprint density at radius 1 is 0.957 bits per heavy atom. The Labute approximate surface area is 141 Å². The Morgan fingerprint density at radius 3 is 2.22 bits per heavy atom. The van der Waals surface area contributed by atoms with Gasteiger partial charge in [-0.05, 0) is 31.2 Å². The second-order valence-corrected chi connectivity index (χ2v) is 7.53. The quantitative estimate of drug-likeness (QED) is 0.903. The molecule has 1 aromatic rings. The van der Waals surface area contributed by atoms with Crippen molar-refractivity contribution in [3.8, 4) is 0 Å². The monoisotopic (exact) mass is 316 g/mol. The number of benzene rings is 1. The highest BCUT2D eigenvalue weighted by Gasteiger charge is 2.22. The first kappa shape index (κ1) is 16.9. The smallest absolute Gasteiger partial charge is 0.0916 e. The van der Waals surface area contributed by atoms with Gasteiger partial charge >= 0.3 is 0 Å². The van der Waals surface area contributed by atoms with Crippen molar-refractivity contribution in [3.05, 3.63) is 35.4 Å². The van der Waals surface area contributed by atoms with Gasteiger partial charge in [-0.1, -0.05) is 49.1 Å². The number of rotatable bonds is 5. The minimum atomic E-state index is -0.361. The van der Waals surface area contributed by atoms with Crippen molar-refractivity contribution in [2.24, 2.45) is 5.92 Å². The molecule has 23 heavy (non-hydrogen) atoms. The summed E-state index contributed by atoms with van der Waals surface area (Å²) in [7, 11) is 0. The largest absolute Gasteiger partial charge is 0.387 e. The van der Waals surface area contributed by atoms with E-state index < -0.39 is 0 Å². The van der Waals surface area contributed by atoms with Crippen LogP contribution in [0, 0.1) is 12.8 Å². The lowest BCUT2D eigenvalue weighted by Gasteiger charge is -2.38. The summed E-state index contributed by atoms with van der Waals surface area (Å²) >= 11 is 0. The van der Waals surface area contributed by atoms with Crippen molar-refractivity contribution in [3.63, 3.8) is 0 Å². The fraction of sp³-hybridized carbons (Fsp3) is 0.700. The van der Waals surface area contributed by atoms with Gasteiger partial charge in [-0.15, -0.1) is 0 Å². The lowest BCUT2D eigenvalue weighted by atomic mass is 9.89. The van der Waals surface area contributed by atoms with Gasteiger partial charge in [0.15, 0.2) is 0 Å². The van der Waals surface area contributed by atoms with Crippen LogP contribution in [0.2, 0.25) is 0 Å². The van der Waals surface area contributed by atoms with Gasteiger partial charge in [0, 0.05) is 39.3 Å². The Balaban J connectivity index is 1.40. The first-order valence-corrected chi connectivity index (χ1v) is 9.40. The lowest BCUT2D eigenvalue weighted by Crippen LogP contribution is -2.48. The van der Waals surface area contributed by atoms with Crippen LogP contribution in [-0.2, 0) is 0 Å². The van der Waals surface area contributed by atoms with Crippen molar-refractivity contribution in [1.82, 2.24) is 9.80 Å². The van der Waals surface area contributed by atoms with Gasteiger partial charge in [0.2, 0.25) is 0 Å². The Kier molecular flexibility index (Phi) is 6.09. The molecule has 1 saturated carbocycles. The summed E-state index contributed by atoms with van der Waals surface area (Å²) in [4.78, 5) is 5.06. The van der Waals surface area contributed by atoms with Crippen LogP contribution in [0.1, 0.15) is 49.3 Å². The molecule has 1 unspecified atom stereocenters. The molecule has 2 aliphatic rings. The van der Waals surface area contributed by atoms with Gasteiger partial charge in [-0.25, -0.2) is 0 Å². The highest BCUT2D eigenvalue weighted by atomic mass is 16.3. The fourth-order valence-electron chi connectivity index (χ4n) is 4.03. The number of hydrogen-bond donors (Lipinski definition) is 1. The molecule has 3 heteroatoms. The minimum Gasteiger partial charge on any atom is -0.387 e. The first-order valence-electron chi connectivity index (χ1n) is 9.40. The number of aryl methyl sites for hydroxylation is 1. The van der Waals surface area contributed by atoms with Gasteiger partial charge in [0.1, 0.15) is 0 Å². The standard InChI is InChI=1S/C20H32N2O/c1-17-7-9-19(10-8-17)20(23)16-22-13-11-21(12-14-22)15-18-5-3-2-4-6-18/h7-10,18,20,23H,2-6,11-16H2,1H3. The average molecular weight is 316 g/mol. The minimum absolute atomic E-state index is 0.361. The fourth-order valence-corrected chi connectivity index (χ4v) is 4.03. The number of hydrogen-bond acceptors (Lipinski definition) is 3. The van der Waals surface area contributed by atoms with Crippen molar-refractivity contribution < 1.29 is 5.11 Å². The van der Waals surface area contributed by atoms with Crippen LogP contribution in [-0.4, -0.2) is 54.2 Å². The topological polar surface area (TPSA) is 26.7 Å². The molecule has 0 radical (unpaired) electrons. The van der Waals surface area contributed by atoms with Crippen LogP contribution in [0.4, 0.5) is 0 Å². The molecule has 3 rings (SSSR count). The Hall–Kier alpha value is -0.900. The Morgan fingerprint density at radius 2 is 1.57 bits per heavy atom. The number of piperazine rings is 1. The zero-order valence-electron chi connectivity index (χ0n) is 14.6. The predicted molar refractivity (Wildman–Crippen MR) is 95.6 cm³/mol. The number of aliphatic hydroxyl groups excluding tert-OH is 1. The molecule has 0 bridgehead atoms. The molecule has 0 aromatic heterocycles. The van der Waals surface area contributed by atoms with Crippen LogP contribution < -0.4 is 0 Å². The van der Waals surface area contributed by atoms with E-state index in [9.17, 15) is 5.11 Å². The third-order valence-corrected chi connectivity index (χ3v) is 5.60. The molecule has 0 spiro atoms. The SMILES string of the molecule is Cc1ccc(C(O)CN2CCN(CC3CCCCC3)CC2)cc1. The van der Waals surface area contributed by atoms with Crippen LogP contribution in [0.15, 0.2) is 24.3 Å². The zero-order valence-corrected chi connectivity index (χ0v) is 14.6. The molecule has 1 heterocycles. The maximum absolute atomic E-state index is 10.4. The number of aliphatic hydroxyl groups is 1. The molecule has 2 fully saturated rings. The molecule has 1 N–H and O–H groups in total. The molecule has 1 saturated heterocycles. The molecule has 1 aliphatic heterocycles. The van der Waals surface area contributed by atoms with E-state index in [1.165, 1.54) is 44.2 Å². The summed E-state index contributed by atoms with van der Waals surface area (Å²) in [5.41, 5.74) is 2.29. The van der Waals surface area contributed by atoms with Crippen molar-refractivity contribution >= 4 is 0 Å². The van der Waals surface area contributed by atoms with Crippen LogP contribution in [0.25, 0.3) is 0 Å². The van der Waals surface area contributed by atoms with Crippen molar-refractivity contribution in [1.29, 1.82) is 0 Å². The van der Waals surface area contributed by atoms with E-state index in [1.807, 2.05) is 0 Å². The second kappa shape index (κ2) is 8.27. The van der Waals surface area contributed by atoms with Gasteiger partial charge in [0.25, 0.3) is 0 Å². The number of β-amino-alcohol motifs (C(OH)–C–C–N with tert-alkyl or cyclic N) is 1. The molecule has 1 aromatic carbocycles. The molecular weight excluding hydrogens is 284 g/mol. The molecule has 1 atom stereocenters. The molecule has 1 aliphatic carbocycles. The van der Waals surface area contributed by atoms with Crippen molar-refractivity contribution in [2.45, 2.75) is 45.1 Å². The van der Waals surface area contributed by atoms with Gasteiger partial charge in [0.05, 0.1) is 6.10 Å². The van der Waals surface area contributed by atoms with E-state index in [4.69, 9.17) is 0 Å². The molecular formula is C20H32N2O. The first-order chi connectivity index (χ1) is 11.2. The summed E-state index contributed by atoms with van der Waals surface area (Å²) < 4.78 is 0. The van der Waals surface area contributed by atoms with E-state index in [2.05, 4.69) is 41.0 Å². The third kappa shape index (κ3) is 5.03. The molecule has 3 nitrogen and oxygen atoms in total. The highest BCUT2D eigenvalue weighted by Crippen LogP contribution is 2.25. The average Bonchev–Trinajstić information content (AvgIpc) is 2.58. The van der Waals surface area contributed by atoms with Crippen LogP contribution in [0.3, 0.4) is 0 Å². The summed E-state index contributed by atoms with van der Waals surface area (Å²) in [5.74, 6) is 0.938. The summed E-state index contributed by atoms with van der Waals surface area (Å²) in [6.45, 7) is 8.66. The number of nitrogens with zero attached hydrogens (tertiary/aromatic N) is 2. The van der Waals surface area contributed by atoms with Crippen LogP contribution >= 0.6 is 0 Å². The summed E-state index contributed by atoms with van der Waals surface area (Å²) in [5, 5.41) is 10.4. The lowest BCUT2D eigenvalue weighted by molar-refractivity contribution is 0.0642. The van der Waals surface area contributed by atoms with E-state index in [0.29, 0.717) is 0 Å². The predicted octanol–water partition coefficient (Wildman–Crippen LogP) is 3.23. The third-order valence-electron chi connectivity index (χ3n) is 5.60. The van der Waals surface area contributed by atoms with Crippen LogP contribution in [0.5, 0.6) is 0 Å². The normalized spacial score (nSPS) is 23.0. The molecule has 0 amide bonds. The van der Waals surface area contributed by atoms with Gasteiger partial charge < -0.3 is 10.0 Å². The van der Waals surface area contributed by atoms with E-state index in [1.54, 1.807) is 0 Å². The second-order valence-electron chi connectivity index (χ2n) is 7.53. The van der Waals surface area contributed by atoms with E-state index >= 15 is 0 Å². The summed E-state index contributed by atoms with van der Waals surface area (Å²) in [6.07, 6.45) is 6.83. The van der Waals surface area contributed by atoms with Gasteiger partial charge in [-0.3, -0.25) is 4.90 Å². The van der Waals surface area contributed by atoms with Gasteiger partial charge in [-0.2, -0.15) is 0 Å². The maximum Gasteiger partial charge on any atom is 0.0916 e. The zero-order chi connectivity index (χ0) is 16.1. The molecule has 128 valence electrons. The Bertz CT molecular complexity index is 459.